The second-order valence-corrected chi connectivity index (χ2v) is 5.66. The van der Waals surface area contributed by atoms with Crippen LogP contribution in [-0.4, -0.2) is 15.8 Å². The first kappa shape index (κ1) is 18.0. The fourth-order valence-electron chi connectivity index (χ4n) is 2.47. The van der Waals surface area contributed by atoms with Gasteiger partial charge in [-0.15, -0.1) is 0 Å². The van der Waals surface area contributed by atoms with E-state index in [1.165, 1.54) is 18.5 Å². The van der Waals surface area contributed by atoms with Gasteiger partial charge in [0.25, 0.3) is 11.6 Å². The van der Waals surface area contributed by atoms with Gasteiger partial charge in [-0.1, -0.05) is 12.1 Å². The molecule has 3 aromatic rings. The molecule has 0 aliphatic carbocycles. The van der Waals surface area contributed by atoms with Gasteiger partial charge in [-0.25, -0.2) is 4.39 Å². The first-order valence-corrected chi connectivity index (χ1v) is 8.01. The van der Waals surface area contributed by atoms with Crippen LogP contribution in [0.25, 0.3) is 0 Å². The van der Waals surface area contributed by atoms with Crippen LogP contribution in [0.3, 0.4) is 0 Å². The van der Waals surface area contributed by atoms with Gasteiger partial charge in [0.05, 0.1) is 11.0 Å². The largest absolute Gasteiger partial charge is 0.375 e. The predicted molar refractivity (Wildman–Crippen MR) is 99.0 cm³/mol. The van der Waals surface area contributed by atoms with Crippen LogP contribution in [0.4, 0.5) is 21.5 Å². The van der Waals surface area contributed by atoms with E-state index in [1.807, 2.05) is 6.07 Å². The Morgan fingerprint density at radius 3 is 2.63 bits per heavy atom. The Labute approximate surface area is 154 Å². The summed E-state index contributed by atoms with van der Waals surface area (Å²) >= 11 is 0. The molecule has 136 valence electrons. The van der Waals surface area contributed by atoms with Gasteiger partial charge in [0.15, 0.2) is 0 Å². The molecule has 3 rings (SSSR count). The number of nitrogens with one attached hydrogen (secondary N) is 2. The first-order valence-electron chi connectivity index (χ1n) is 8.01. The van der Waals surface area contributed by atoms with Crippen molar-refractivity contribution in [3.05, 3.63) is 94.0 Å². The summed E-state index contributed by atoms with van der Waals surface area (Å²) in [5, 5.41) is 16.7. The number of amides is 1. The molecule has 0 saturated carbocycles. The lowest BCUT2D eigenvalue weighted by Crippen LogP contribution is -2.12. The highest BCUT2D eigenvalue weighted by Gasteiger charge is 2.14. The molecule has 8 heteroatoms. The number of hydrogen-bond donors (Lipinski definition) is 2. The maximum absolute atomic E-state index is 13.2. The van der Waals surface area contributed by atoms with Crippen LogP contribution in [0.15, 0.2) is 67.0 Å². The molecule has 2 N–H and O–H groups in total. The highest BCUT2D eigenvalue weighted by Crippen LogP contribution is 2.25. The molecule has 0 bridgehead atoms. The van der Waals surface area contributed by atoms with E-state index < -0.39 is 10.7 Å². The smallest absolute Gasteiger partial charge is 0.295 e. The number of aromatic nitrogens is 1. The molecule has 0 saturated heterocycles. The summed E-state index contributed by atoms with van der Waals surface area (Å²) in [6.07, 6.45) is 3.07. The molecule has 0 aliphatic heterocycles. The van der Waals surface area contributed by atoms with Crippen LogP contribution in [0, 0.1) is 15.9 Å². The van der Waals surface area contributed by atoms with E-state index in [9.17, 15) is 19.3 Å². The van der Waals surface area contributed by atoms with Crippen LogP contribution in [0.1, 0.15) is 15.9 Å². The second kappa shape index (κ2) is 8.05. The number of nitro groups is 1. The van der Waals surface area contributed by atoms with E-state index in [0.29, 0.717) is 11.3 Å². The summed E-state index contributed by atoms with van der Waals surface area (Å²) < 4.78 is 13.2. The van der Waals surface area contributed by atoms with Crippen molar-refractivity contribution in [3.8, 4) is 0 Å². The Morgan fingerprint density at radius 1 is 1.11 bits per heavy atom. The summed E-state index contributed by atoms with van der Waals surface area (Å²) in [6, 6.07) is 13.6. The highest BCUT2D eigenvalue weighted by molar-refractivity contribution is 6.04. The van der Waals surface area contributed by atoms with Crippen molar-refractivity contribution >= 4 is 23.0 Å². The molecule has 0 unspecified atom stereocenters. The minimum atomic E-state index is -0.673. The number of anilines is 2. The third kappa shape index (κ3) is 4.63. The zero-order chi connectivity index (χ0) is 19.2. The van der Waals surface area contributed by atoms with E-state index >= 15 is 0 Å². The lowest BCUT2D eigenvalue weighted by molar-refractivity contribution is -0.384. The molecule has 27 heavy (non-hydrogen) atoms. The molecule has 0 fully saturated rings. The quantitative estimate of drug-likeness (QED) is 0.508. The highest BCUT2D eigenvalue weighted by atomic mass is 19.1. The lowest BCUT2D eigenvalue weighted by Gasteiger charge is -2.10. The molecule has 1 aromatic heterocycles. The molecule has 0 spiro atoms. The van der Waals surface area contributed by atoms with Gasteiger partial charge in [-0.05, 0) is 42.0 Å². The molecular weight excluding hydrogens is 351 g/mol. The Hall–Kier alpha value is -3.81. The summed E-state index contributed by atoms with van der Waals surface area (Å²) in [5.41, 5.74) is 1.74. The van der Waals surface area contributed by atoms with E-state index in [2.05, 4.69) is 15.6 Å². The van der Waals surface area contributed by atoms with Crippen molar-refractivity contribution in [2.75, 3.05) is 10.6 Å². The van der Waals surface area contributed by atoms with Crippen LogP contribution in [0.5, 0.6) is 0 Å². The van der Waals surface area contributed by atoms with E-state index in [1.54, 1.807) is 30.3 Å². The number of nitrogens with zero attached hydrogens (tertiary/aromatic N) is 2. The van der Waals surface area contributed by atoms with Crippen LogP contribution >= 0.6 is 0 Å². The molecule has 2 aromatic carbocycles. The van der Waals surface area contributed by atoms with Crippen molar-refractivity contribution in [1.82, 2.24) is 4.98 Å². The summed E-state index contributed by atoms with van der Waals surface area (Å²) in [4.78, 5) is 26.5. The number of carbonyl (C=O) groups excluding carboxylic acids is 1. The number of rotatable bonds is 6. The van der Waals surface area contributed by atoms with Gasteiger partial charge in [0.1, 0.15) is 11.5 Å². The molecule has 1 amide bonds. The predicted octanol–water partition coefficient (Wildman–Crippen LogP) is 3.99. The normalized spacial score (nSPS) is 10.3. The van der Waals surface area contributed by atoms with E-state index in [-0.39, 0.29) is 23.8 Å². The zero-order valence-corrected chi connectivity index (χ0v) is 14.1. The molecule has 1 heterocycles. The monoisotopic (exact) mass is 366 g/mol. The van der Waals surface area contributed by atoms with Gasteiger partial charge in [0, 0.05) is 30.2 Å². The number of hydrogen-bond acceptors (Lipinski definition) is 5. The standard InChI is InChI=1S/C19H15FN4O3/c20-15-4-5-17(18(11-15)24(26)27)22-12-13-2-1-3-16(10-13)23-19(25)14-6-8-21-9-7-14/h1-11,22H,12H2,(H,23,25). The van der Waals surface area contributed by atoms with Gasteiger partial charge < -0.3 is 10.6 Å². The van der Waals surface area contributed by atoms with Gasteiger partial charge in [0.2, 0.25) is 0 Å². The fraction of sp³-hybridized carbons (Fsp3) is 0.0526. The Kier molecular flexibility index (Phi) is 5.36. The topological polar surface area (TPSA) is 97.2 Å². The third-order valence-electron chi connectivity index (χ3n) is 3.77. The molecular formula is C19H15FN4O3. The van der Waals surface area contributed by atoms with Gasteiger partial charge >= 0.3 is 0 Å². The lowest BCUT2D eigenvalue weighted by atomic mass is 10.1. The number of carbonyl (C=O) groups is 1. The van der Waals surface area contributed by atoms with Crippen LogP contribution < -0.4 is 10.6 Å². The Bertz CT molecular complexity index is 980. The number of pyridine rings is 1. The van der Waals surface area contributed by atoms with Gasteiger partial charge in [-0.2, -0.15) is 0 Å². The maximum atomic E-state index is 13.2. The summed E-state index contributed by atoms with van der Waals surface area (Å²) in [5.74, 6) is -0.940. The van der Waals surface area contributed by atoms with Crippen molar-refractivity contribution in [1.29, 1.82) is 0 Å². The number of halogens is 1. The second-order valence-electron chi connectivity index (χ2n) is 5.66. The minimum absolute atomic E-state index is 0.215. The zero-order valence-electron chi connectivity index (χ0n) is 14.1. The van der Waals surface area contributed by atoms with Gasteiger partial charge in [-0.3, -0.25) is 19.9 Å². The fourth-order valence-corrected chi connectivity index (χ4v) is 2.47. The molecule has 0 radical (unpaired) electrons. The third-order valence-corrected chi connectivity index (χ3v) is 3.77. The van der Waals surface area contributed by atoms with Crippen molar-refractivity contribution in [3.63, 3.8) is 0 Å². The Balaban J connectivity index is 1.70. The minimum Gasteiger partial charge on any atom is -0.375 e. The molecule has 0 atom stereocenters. The van der Waals surface area contributed by atoms with Crippen molar-refractivity contribution < 1.29 is 14.1 Å². The number of benzene rings is 2. The first-order chi connectivity index (χ1) is 13.0. The molecule has 7 nitrogen and oxygen atoms in total. The van der Waals surface area contributed by atoms with Crippen LogP contribution in [0.2, 0.25) is 0 Å². The summed E-state index contributed by atoms with van der Waals surface area (Å²) in [6.45, 7) is 0.269. The Morgan fingerprint density at radius 2 is 1.89 bits per heavy atom. The SMILES string of the molecule is O=C(Nc1cccc(CNc2ccc(F)cc2[N+](=O)[O-])c1)c1ccncc1. The maximum Gasteiger partial charge on any atom is 0.295 e. The molecule has 0 aliphatic rings. The summed E-state index contributed by atoms with van der Waals surface area (Å²) in [7, 11) is 0. The van der Waals surface area contributed by atoms with Crippen molar-refractivity contribution in [2.45, 2.75) is 6.54 Å². The van der Waals surface area contributed by atoms with Crippen molar-refractivity contribution in [2.24, 2.45) is 0 Å². The number of nitro benzene ring substituents is 1. The average molecular weight is 366 g/mol. The van der Waals surface area contributed by atoms with Crippen LogP contribution in [-0.2, 0) is 6.54 Å². The average Bonchev–Trinajstić information content (AvgIpc) is 2.68. The van der Waals surface area contributed by atoms with E-state index in [0.717, 1.165) is 17.7 Å². The van der Waals surface area contributed by atoms with E-state index in [4.69, 9.17) is 0 Å².